The van der Waals surface area contributed by atoms with E-state index < -0.39 is 18.6 Å². The average Bonchev–Trinajstić information content (AvgIpc) is 3.45. The number of piperidine rings is 1. The summed E-state index contributed by atoms with van der Waals surface area (Å²) >= 11 is 1.21. The van der Waals surface area contributed by atoms with Gasteiger partial charge in [-0.1, -0.05) is 11.3 Å². The molecule has 1 saturated heterocycles. The Kier molecular flexibility index (Phi) is 7.51. The van der Waals surface area contributed by atoms with E-state index in [0.717, 1.165) is 62.4 Å². The fourth-order valence-corrected chi connectivity index (χ4v) is 6.05. The highest BCUT2D eigenvalue weighted by molar-refractivity contribution is 7.13. The first-order valence-electron chi connectivity index (χ1n) is 12.4. The van der Waals surface area contributed by atoms with Crippen LogP contribution >= 0.6 is 11.3 Å². The SMILES string of the molecule is Cn1cc2c(C(=O)CN3CCC(CCN4CCc5sc(OCC(F)(F)F)nc5C4)CC3)ccc(F)c2n1. The lowest BCUT2D eigenvalue weighted by Crippen LogP contribution is -2.38. The molecule has 0 unspecified atom stereocenters. The van der Waals surface area contributed by atoms with Crippen LogP contribution in [0.1, 0.15) is 40.2 Å². The van der Waals surface area contributed by atoms with E-state index in [-0.39, 0.29) is 16.5 Å². The molecule has 5 rings (SSSR count). The number of benzene rings is 1. The maximum Gasteiger partial charge on any atom is 0.422 e. The van der Waals surface area contributed by atoms with Crippen molar-refractivity contribution in [2.75, 3.05) is 39.3 Å². The van der Waals surface area contributed by atoms with Crippen molar-refractivity contribution in [1.82, 2.24) is 24.6 Å². The number of hydrogen-bond acceptors (Lipinski definition) is 7. The molecule has 0 bridgehead atoms. The molecular weight excluding hydrogens is 510 g/mol. The molecule has 200 valence electrons. The van der Waals surface area contributed by atoms with Crippen LogP contribution in [0.3, 0.4) is 0 Å². The number of carbonyl (C=O) groups is 1. The van der Waals surface area contributed by atoms with Gasteiger partial charge in [0.2, 0.25) is 0 Å². The number of halogens is 4. The van der Waals surface area contributed by atoms with Gasteiger partial charge in [0.1, 0.15) is 5.52 Å². The number of carbonyl (C=O) groups excluding carboxylic acids is 1. The van der Waals surface area contributed by atoms with Crippen molar-refractivity contribution in [2.24, 2.45) is 13.0 Å². The third-order valence-corrected chi connectivity index (χ3v) is 8.19. The van der Waals surface area contributed by atoms with Crippen molar-refractivity contribution < 1.29 is 27.1 Å². The first kappa shape index (κ1) is 26.1. The number of aromatic nitrogens is 3. The number of fused-ring (bicyclic) bond motifs is 2. The molecular formula is C25H29F4N5O2S. The van der Waals surface area contributed by atoms with Gasteiger partial charge in [-0.25, -0.2) is 9.37 Å². The van der Waals surface area contributed by atoms with E-state index in [1.165, 1.54) is 22.1 Å². The number of Topliss-reactive ketones (excluding diaryl/α,β-unsaturated/α-hetero) is 1. The third-order valence-electron chi connectivity index (χ3n) is 7.12. The number of hydrogen-bond donors (Lipinski definition) is 0. The lowest BCUT2D eigenvalue weighted by atomic mass is 9.92. The molecule has 1 fully saturated rings. The quantitative estimate of drug-likeness (QED) is 0.311. The van der Waals surface area contributed by atoms with E-state index in [1.807, 2.05) is 0 Å². The molecule has 0 saturated carbocycles. The summed E-state index contributed by atoms with van der Waals surface area (Å²) in [6.45, 7) is 3.07. The Labute approximate surface area is 216 Å². The second-order valence-corrected chi connectivity index (χ2v) is 10.9. The predicted octanol–water partition coefficient (Wildman–Crippen LogP) is 4.45. The molecule has 0 spiro atoms. The van der Waals surface area contributed by atoms with Crippen LogP contribution in [0.15, 0.2) is 18.3 Å². The summed E-state index contributed by atoms with van der Waals surface area (Å²) in [5.74, 6) is 0.107. The maximum absolute atomic E-state index is 14.0. The number of alkyl halides is 3. The smallest absolute Gasteiger partial charge is 0.422 e. The summed E-state index contributed by atoms with van der Waals surface area (Å²) in [6.07, 6.45) is 1.13. The molecule has 12 heteroatoms. The Hall–Kier alpha value is -2.57. The Morgan fingerprint density at radius 1 is 1.19 bits per heavy atom. The number of rotatable bonds is 8. The minimum atomic E-state index is -4.37. The standard InChI is InChI=1S/C25H29F4N5O2S/c1-32-12-18-17(2-3-19(26)23(18)31-32)21(35)14-34-9-5-16(6-10-34)4-8-33-11-7-22-20(13-33)30-24(37-22)36-15-25(27,28)29/h2-3,12,16H,4-11,13-15H2,1H3. The van der Waals surface area contributed by atoms with Gasteiger partial charge in [-0.3, -0.25) is 19.3 Å². The van der Waals surface area contributed by atoms with Crippen LogP contribution in [-0.2, 0) is 20.0 Å². The normalized spacial score (nSPS) is 17.9. The Morgan fingerprint density at radius 2 is 1.97 bits per heavy atom. The van der Waals surface area contributed by atoms with Gasteiger partial charge in [0.05, 0.1) is 12.2 Å². The van der Waals surface area contributed by atoms with E-state index in [2.05, 4.69) is 19.9 Å². The van der Waals surface area contributed by atoms with Gasteiger partial charge in [0, 0.05) is 42.2 Å². The molecule has 0 N–H and O–H groups in total. The number of thiazole rings is 1. The molecule has 37 heavy (non-hydrogen) atoms. The van der Waals surface area contributed by atoms with Gasteiger partial charge < -0.3 is 4.74 Å². The van der Waals surface area contributed by atoms with Crippen molar-refractivity contribution in [3.63, 3.8) is 0 Å². The molecule has 4 heterocycles. The van der Waals surface area contributed by atoms with Crippen LogP contribution in [-0.4, -0.2) is 75.9 Å². The number of likely N-dealkylation sites (tertiary alicyclic amines) is 1. The molecule has 2 aromatic heterocycles. The van der Waals surface area contributed by atoms with Crippen molar-refractivity contribution in [3.05, 3.63) is 40.3 Å². The van der Waals surface area contributed by atoms with Crippen LogP contribution in [0.2, 0.25) is 0 Å². The van der Waals surface area contributed by atoms with Crippen LogP contribution in [0, 0.1) is 11.7 Å². The first-order chi connectivity index (χ1) is 17.6. The zero-order chi connectivity index (χ0) is 26.2. The summed E-state index contributed by atoms with van der Waals surface area (Å²) in [5.41, 5.74) is 1.55. The van der Waals surface area contributed by atoms with Crippen molar-refractivity contribution in [2.45, 2.75) is 38.4 Å². The van der Waals surface area contributed by atoms with Gasteiger partial charge >= 0.3 is 6.18 Å². The maximum atomic E-state index is 14.0. The Morgan fingerprint density at radius 3 is 2.73 bits per heavy atom. The fourth-order valence-electron chi connectivity index (χ4n) is 5.14. The number of aryl methyl sites for hydroxylation is 1. The van der Waals surface area contributed by atoms with E-state index in [0.29, 0.717) is 30.0 Å². The molecule has 2 aliphatic heterocycles. The summed E-state index contributed by atoms with van der Waals surface area (Å²) in [5, 5.41) is 4.76. The van der Waals surface area contributed by atoms with Crippen molar-refractivity contribution in [3.8, 4) is 5.19 Å². The minimum absolute atomic E-state index is 0.0255. The fraction of sp³-hybridized carbons (Fsp3) is 0.560. The van der Waals surface area contributed by atoms with Gasteiger partial charge in [0.25, 0.3) is 5.19 Å². The predicted molar refractivity (Wildman–Crippen MR) is 131 cm³/mol. The highest BCUT2D eigenvalue weighted by Crippen LogP contribution is 2.31. The lowest BCUT2D eigenvalue weighted by Gasteiger charge is -2.33. The zero-order valence-corrected chi connectivity index (χ0v) is 21.4. The number of nitrogens with zero attached hydrogens (tertiary/aromatic N) is 5. The van der Waals surface area contributed by atoms with Gasteiger partial charge in [-0.15, -0.1) is 0 Å². The van der Waals surface area contributed by atoms with Crippen molar-refractivity contribution in [1.29, 1.82) is 0 Å². The molecule has 0 aliphatic carbocycles. The molecule has 0 radical (unpaired) electrons. The number of ether oxygens (including phenoxy) is 1. The van der Waals surface area contributed by atoms with Gasteiger partial charge in [-0.05, 0) is 63.4 Å². The highest BCUT2D eigenvalue weighted by Gasteiger charge is 2.30. The highest BCUT2D eigenvalue weighted by atomic mass is 32.1. The van der Waals surface area contributed by atoms with Gasteiger partial charge in [0.15, 0.2) is 18.2 Å². The molecule has 2 aliphatic rings. The first-order valence-corrected chi connectivity index (χ1v) is 13.2. The van der Waals surface area contributed by atoms with Crippen LogP contribution in [0.25, 0.3) is 10.9 Å². The van der Waals surface area contributed by atoms with Crippen LogP contribution in [0.5, 0.6) is 5.19 Å². The Bertz CT molecular complexity index is 1270. The van der Waals surface area contributed by atoms with E-state index >= 15 is 0 Å². The topological polar surface area (TPSA) is 63.5 Å². The van der Waals surface area contributed by atoms with E-state index in [1.54, 1.807) is 19.3 Å². The lowest BCUT2D eigenvalue weighted by molar-refractivity contribution is -0.153. The summed E-state index contributed by atoms with van der Waals surface area (Å²) in [6, 6.07) is 2.85. The summed E-state index contributed by atoms with van der Waals surface area (Å²) < 4.78 is 57.6. The second-order valence-electron chi connectivity index (χ2n) is 9.87. The van der Waals surface area contributed by atoms with Crippen LogP contribution in [0.4, 0.5) is 17.6 Å². The van der Waals surface area contributed by atoms with E-state index in [4.69, 9.17) is 4.74 Å². The van der Waals surface area contributed by atoms with E-state index in [9.17, 15) is 22.4 Å². The monoisotopic (exact) mass is 539 g/mol. The summed E-state index contributed by atoms with van der Waals surface area (Å²) in [7, 11) is 1.71. The molecule has 1 aromatic carbocycles. The van der Waals surface area contributed by atoms with Gasteiger partial charge in [-0.2, -0.15) is 18.3 Å². The molecule has 3 aromatic rings. The molecule has 0 amide bonds. The average molecular weight is 540 g/mol. The largest absolute Gasteiger partial charge is 0.460 e. The second kappa shape index (κ2) is 10.7. The summed E-state index contributed by atoms with van der Waals surface area (Å²) in [4.78, 5) is 22.7. The van der Waals surface area contributed by atoms with Crippen molar-refractivity contribution >= 4 is 28.0 Å². The molecule has 7 nitrogen and oxygen atoms in total. The third kappa shape index (κ3) is 6.29. The molecule has 0 atom stereocenters. The minimum Gasteiger partial charge on any atom is -0.460 e. The number of ketones is 1. The Balaban J connectivity index is 1.07. The zero-order valence-electron chi connectivity index (χ0n) is 20.6. The van der Waals surface area contributed by atoms with Crippen LogP contribution < -0.4 is 4.74 Å².